The fraction of sp³-hybridized carbons (Fsp3) is 0.381. The van der Waals surface area contributed by atoms with Crippen LogP contribution in [0.1, 0.15) is 34.7 Å². The van der Waals surface area contributed by atoms with Gasteiger partial charge in [0.2, 0.25) is 5.88 Å². The van der Waals surface area contributed by atoms with E-state index in [0.29, 0.717) is 30.5 Å². The van der Waals surface area contributed by atoms with E-state index in [-0.39, 0.29) is 18.6 Å². The van der Waals surface area contributed by atoms with E-state index in [2.05, 4.69) is 15.6 Å². The van der Waals surface area contributed by atoms with Gasteiger partial charge in [-0.15, -0.1) is 5.10 Å². The number of carbonyl (C=O) groups is 1. The van der Waals surface area contributed by atoms with E-state index < -0.39 is 0 Å². The lowest BCUT2D eigenvalue weighted by atomic mass is 10.1. The second-order valence-electron chi connectivity index (χ2n) is 7.07. The fourth-order valence-corrected chi connectivity index (χ4v) is 3.36. The van der Waals surface area contributed by atoms with Gasteiger partial charge in [-0.05, 0) is 19.8 Å². The molecule has 2 aromatic heterocycles. The van der Waals surface area contributed by atoms with E-state index in [9.17, 15) is 4.79 Å². The molecule has 29 heavy (non-hydrogen) atoms. The molecule has 0 radical (unpaired) electrons. The lowest BCUT2D eigenvalue weighted by Crippen LogP contribution is -2.39. The molecule has 3 aromatic rings. The van der Waals surface area contributed by atoms with E-state index in [4.69, 9.17) is 14.0 Å². The van der Waals surface area contributed by atoms with Crippen LogP contribution in [0.25, 0.3) is 11.3 Å². The number of carbonyl (C=O) groups excluding carboxylic acids is 1. The Labute approximate surface area is 168 Å². The molecule has 0 atom stereocenters. The molecule has 0 bridgehead atoms. The van der Waals surface area contributed by atoms with Crippen molar-refractivity contribution in [2.24, 2.45) is 7.05 Å². The largest absolute Gasteiger partial charge is 0.471 e. The lowest BCUT2D eigenvalue weighted by molar-refractivity contribution is 0.0692. The molecular formula is C21H24N4O4. The third-order valence-corrected chi connectivity index (χ3v) is 5.04. The summed E-state index contributed by atoms with van der Waals surface area (Å²) >= 11 is 0. The first-order valence-corrected chi connectivity index (χ1v) is 9.68. The van der Waals surface area contributed by atoms with Crippen molar-refractivity contribution in [1.29, 1.82) is 0 Å². The van der Waals surface area contributed by atoms with E-state index in [1.165, 1.54) is 4.68 Å². The molecule has 1 N–H and O–H groups in total. The van der Waals surface area contributed by atoms with E-state index in [0.717, 1.165) is 29.7 Å². The number of benzene rings is 1. The first kappa shape index (κ1) is 19.2. The molecule has 1 amide bonds. The summed E-state index contributed by atoms with van der Waals surface area (Å²) in [6.45, 7) is 3.44. The van der Waals surface area contributed by atoms with Crippen LogP contribution in [-0.4, -0.2) is 40.1 Å². The van der Waals surface area contributed by atoms with Crippen molar-refractivity contribution in [2.75, 3.05) is 13.2 Å². The number of hydrogen-bond donors (Lipinski definition) is 1. The summed E-state index contributed by atoms with van der Waals surface area (Å²) in [5.74, 6) is 0.911. The molecule has 8 heteroatoms. The highest BCUT2D eigenvalue weighted by molar-refractivity contribution is 5.93. The van der Waals surface area contributed by atoms with Crippen LogP contribution in [0, 0.1) is 6.92 Å². The molecule has 0 unspecified atom stereocenters. The summed E-state index contributed by atoms with van der Waals surface area (Å²) in [4.78, 5) is 12.6. The Morgan fingerprint density at radius 2 is 2.03 bits per heavy atom. The molecule has 4 rings (SSSR count). The maximum Gasteiger partial charge on any atom is 0.269 e. The standard InChI is InChI=1S/C21H24N4O4/c1-14-17(20(24-29-14)15-6-4-3-5-7-15)13-28-19-12-18(25(2)23-19)21(26)22-16-8-10-27-11-9-16/h3-7,12,16H,8-11,13H2,1-2H3,(H,22,26). The molecule has 8 nitrogen and oxygen atoms in total. The van der Waals surface area contributed by atoms with Crippen molar-refractivity contribution in [3.63, 3.8) is 0 Å². The van der Waals surface area contributed by atoms with Gasteiger partial charge < -0.3 is 19.3 Å². The van der Waals surface area contributed by atoms with Crippen molar-refractivity contribution in [3.8, 4) is 17.1 Å². The van der Waals surface area contributed by atoms with Gasteiger partial charge in [-0.3, -0.25) is 9.48 Å². The predicted octanol–water partition coefficient (Wildman–Crippen LogP) is 2.87. The molecule has 1 fully saturated rings. The van der Waals surface area contributed by atoms with Gasteiger partial charge in [-0.25, -0.2) is 0 Å². The first-order chi connectivity index (χ1) is 14.1. The number of nitrogens with zero attached hydrogens (tertiary/aromatic N) is 3. The second kappa shape index (κ2) is 8.48. The van der Waals surface area contributed by atoms with Crippen molar-refractivity contribution in [1.82, 2.24) is 20.3 Å². The Hall–Kier alpha value is -3.13. The van der Waals surface area contributed by atoms with Gasteiger partial charge >= 0.3 is 0 Å². The maximum absolute atomic E-state index is 12.6. The molecular weight excluding hydrogens is 372 g/mol. The van der Waals surface area contributed by atoms with Crippen molar-refractivity contribution >= 4 is 5.91 Å². The minimum Gasteiger partial charge on any atom is -0.471 e. The van der Waals surface area contributed by atoms with Crippen LogP contribution in [-0.2, 0) is 18.4 Å². The van der Waals surface area contributed by atoms with Gasteiger partial charge in [0.1, 0.15) is 23.8 Å². The minimum absolute atomic E-state index is 0.128. The Balaban J connectivity index is 1.44. The SMILES string of the molecule is Cc1onc(-c2ccccc2)c1COc1cc(C(=O)NC2CCOCC2)n(C)n1. The average Bonchev–Trinajstić information content (AvgIpc) is 3.30. The van der Waals surface area contributed by atoms with Crippen LogP contribution >= 0.6 is 0 Å². The molecule has 152 valence electrons. The monoisotopic (exact) mass is 396 g/mol. The van der Waals surface area contributed by atoms with E-state index >= 15 is 0 Å². The summed E-state index contributed by atoms with van der Waals surface area (Å²) in [5.41, 5.74) is 3.02. The summed E-state index contributed by atoms with van der Waals surface area (Å²) in [6, 6.07) is 11.6. The Kier molecular flexibility index (Phi) is 5.62. The summed E-state index contributed by atoms with van der Waals surface area (Å²) in [6.07, 6.45) is 1.64. The van der Waals surface area contributed by atoms with Crippen molar-refractivity contribution < 1.29 is 18.8 Å². The highest BCUT2D eigenvalue weighted by atomic mass is 16.5. The number of amides is 1. The Bertz CT molecular complexity index is 974. The zero-order valence-corrected chi connectivity index (χ0v) is 16.6. The molecule has 1 aromatic carbocycles. The number of aromatic nitrogens is 3. The smallest absolute Gasteiger partial charge is 0.269 e. The maximum atomic E-state index is 12.6. The van der Waals surface area contributed by atoms with Gasteiger partial charge in [0.05, 0.1) is 5.56 Å². The average molecular weight is 396 g/mol. The van der Waals surface area contributed by atoms with Gasteiger partial charge in [-0.2, -0.15) is 0 Å². The number of hydrogen-bond acceptors (Lipinski definition) is 6. The van der Waals surface area contributed by atoms with Crippen LogP contribution in [0.2, 0.25) is 0 Å². The fourth-order valence-electron chi connectivity index (χ4n) is 3.36. The van der Waals surface area contributed by atoms with Crippen molar-refractivity contribution in [2.45, 2.75) is 32.4 Å². The topological polar surface area (TPSA) is 91.4 Å². The minimum atomic E-state index is -0.159. The first-order valence-electron chi connectivity index (χ1n) is 9.68. The highest BCUT2D eigenvalue weighted by Crippen LogP contribution is 2.26. The molecule has 3 heterocycles. The zero-order valence-electron chi connectivity index (χ0n) is 16.6. The molecule has 1 aliphatic heterocycles. The van der Waals surface area contributed by atoms with Crippen LogP contribution < -0.4 is 10.1 Å². The Morgan fingerprint density at radius 3 is 2.79 bits per heavy atom. The van der Waals surface area contributed by atoms with Crippen LogP contribution in [0.15, 0.2) is 40.9 Å². The van der Waals surface area contributed by atoms with Gasteiger partial charge in [0.15, 0.2) is 0 Å². The molecule has 1 saturated heterocycles. The number of ether oxygens (including phenoxy) is 2. The molecule has 1 aliphatic rings. The molecule has 0 spiro atoms. The van der Waals surface area contributed by atoms with Crippen LogP contribution in [0.4, 0.5) is 0 Å². The van der Waals surface area contributed by atoms with Crippen LogP contribution in [0.3, 0.4) is 0 Å². The summed E-state index contributed by atoms with van der Waals surface area (Å²) < 4.78 is 18.1. The highest BCUT2D eigenvalue weighted by Gasteiger charge is 2.21. The van der Waals surface area contributed by atoms with Gasteiger partial charge in [0, 0.05) is 37.9 Å². The summed E-state index contributed by atoms with van der Waals surface area (Å²) in [7, 11) is 1.73. The van der Waals surface area contributed by atoms with Gasteiger partial charge in [-0.1, -0.05) is 35.5 Å². The van der Waals surface area contributed by atoms with Crippen LogP contribution in [0.5, 0.6) is 5.88 Å². The third kappa shape index (κ3) is 4.32. The molecule has 0 aliphatic carbocycles. The van der Waals surface area contributed by atoms with E-state index in [1.807, 2.05) is 37.3 Å². The quantitative estimate of drug-likeness (QED) is 0.689. The normalized spacial score (nSPS) is 14.7. The van der Waals surface area contributed by atoms with Gasteiger partial charge in [0.25, 0.3) is 5.91 Å². The predicted molar refractivity (Wildman–Crippen MR) is 106 cm³/mol. The zero-order chi connectivity index (χ0) is 20.2. The third-order valence-electron chi connectivity index (χ3n) is 5.04. The summed E-state index contributed by atoms with van der Waals surface area (Å²) in [5, 5.41) is 11.5. The number of aryl methyl sites for hydroxylation is 2. The number of rotatable bonds is 6. The van der Waals surface area contributed by atoms with E-state index in [1.54, 1.807) is 13.1 Å². The van der Waals surface area contributed by atoms with Crippen molar-refractivity contribution in [3.05, 3.63) is 53.4 Å². The lowest BCUT2D eigenvalue weighted by Gasteiger charge is -2.22. The number of nitrogens with one attached hydrogen (secondary N) is 1. The molecule has 0 saturated carbocycles. The Morgan fingerprint density at radius 1 is 1.28 bits per heavy atom. The second-order valence-corrected chi connectivity index (χ2v) is 7.07.